The van der Waals surface area contributed by atoms with Gasteiger partial charge in [-0.25, -0.2) is 0 Å². The zero-order valence-electron chi connectivity index (χ0n) is 26.9. The van der Waals surface area contributed by atoms with E-state index >= 15 is 0 Å². The fraction of sp³-hybridized carbons (Fsp3) is 0.286. The Morgan fingerprint density at radius 1 is 0.804 bits per heavy atom. The SMILES string of the molecule is CNc1ccc(O)c2c1CN1CN2Cc2cc(O)c3c(c21)CN1CN3C(N(C)C)c2cc(O)c(C3C(=O)Nc4ccccc43)cc21.[H+]. The molecule has 1 amide bonds. The smallest absolute Gasteiger partial charge is 0.508 e. The molecular formula is C35H36N7O4+. The number of para-hydroxylation sites is 1. The molecule has 4 aromatic rings. The van der Waals surface area contributed by atoms with Crippen LogP contribution in [0.25, 0.3) is 0 Å². The van der Waals surface area contributed by atoms with Gasteiger partial charge >= 0.3 is 1.43 Å². The maximum atomic E-state index is 13.2. The van der Waals surface area contributed by atoms with Crippen molar-refractivity contribution in [2.24, 2.45) is 0 Å². The summed E-state index contributed by atoms with van der Waals surface area (Å²) in [4.78, 5) is 24.4. The molecule has 234 valence electrons. The molecule has 46 heavy (non-hydrogen) atoms. The number of phenolic OH excluding ortho intramolecular Hbond substituents is 3. The number of nitrogens with one attached hydrogen (secondary N) is 2. The van der Waals surface area contributed by atoms with Crippen LogP contribution >= 0.6 is 0 Å². The number of carbonyl (C=O) groups excluding carboxylic acids is 1. The number of benzene rings is 4. The van der Waals surface area contributed by atoms with Gasteiger partial charge in [0.1, 0.15) is 23.4 Å². The quantitative estimate of drug-likeness (QED) is 0.207. The van der Waals surface area contributed by atoms with Gasteiger partial charge in [-0.1, -0.05) is 18.2 Å². The van der Waals surface area contributed by atoms with Crippen molar-refractivity contribution in [1.29, 1.82) is 0 Å². The average molecular weight is 619 g/mol. The molecule has 0 saturated heterocycles. The van der Waals surface area contributed by atoms with E-state index in [1.54, 1.807) is 12.1 Å². The van der Waals surface area contributed by atoms with Crippen molar-refractivity contribution in [3.63, 3.8) is 0 Å². The molecule has 5 aliphatic rings. The summed E-state index contributed by atoms with van der Waals surface area (Å²) in [5, 5.41) is 40.3. The fourth-order valence-electron chi connectivity index (χ4n) is 8.54. The number of hydrogen-bond acceptors (Lipinski definition) is 10. The number of carbonyl (C=O) groups is 1. The van der Waals surface area contributed by atoms with Crippen LogP contribution in [0, 0.1) is 0 Å². The highest BCUT2D eigenvalue weighted by Crippen LogP contribution is 2.55. The van der Waals surface area contributed by atoms with Gasteiger partial charge in [-0.2, -0.15) is 0 Å². The van der Waals surface area contributed by atoms with Crippen LogP contribution in [0.3, 0.4) is 0 Å². The van der Waals surface area contributed by atoms with Gasteiger partial charge in [0.25, 0.3) is 0 Å². The van der Waals surface area contributed by atoms with Gasteiger partial charge in [-0.3, -0.25) is 9.69 Å². The Balaban J connectivity index is 0.00000324. The number of anilines is 6. The van der Waals surface area contributed by atoms with Gasteiger partial charge in [-0.05, 0) is 61.6 Å². The van der Waals surface area contributed by atoms with Crippen molar-refractivity contribution < 1.29 is 21.5 Å². The summed E-state index contributed by atoms with van der Waals surface area (Å²) in [5.74, 6) is -0.199. The molecule has 5 N–H and O–H groups in total. The van der Waals surface area contributed by atoms with Crippen molar-refractivity contribution in [3.8, 4) is 17.2 Å². The van der Waals surface area contributed by atoms with Crippen molar-refractivity contribution in [2.45, 2.75) is 31.7 Å². The van der Waals surface area contributed by atoms with Crippen LogP contribution in [0.15, 0.2) is 54.6 Å². The van der Waals surface area contributed by atoms with E-state index < -0.39 is 5.92 Å². The molecule has 0 saturated carbocycles. The molecule has 0 aromatic heterocycles. The van der Waals surface area contributed by atoms with Crippen molar-refractivity contribution in [1.82, 2.24) is 4.90 Å². The summed E-state index contributed by atoms with van der Waals surface area (Å²) in [5.41, 5.74) is 10.9. The average Bonchev–Trinajstić information content (AvgIpc) is 3.36. The maximum absolute atomic E-state index is 13.2. The van der Waals surface area contributed by atoms with Crippen LogP contribution in [0.2, 0.25) is 0 Å². The van der Waals surface area contributed by atoms with E-state index in [0.717, 1.165) is 61.9 Å². The minimum atomic E-state index is -0.608. The largest absolute Gasteiger partial charge is 1.00 e. The number of fused-ring (bicyclic) bond motifs is 14. The first-order valence-corrected chi connectivity index (χ1v) is 15.6. The topological polar surface area (TPSA) is 118 Å². The molecule has 0 aliphatic carbocycles. The molecule has 5 aliphatic heterocycles. The number of aromatic hydroxyl groups is 3. The first kappa shape index (κ1) is 27.1. The van der Waals surface area contributed by atoms with Gasteiger partial charge in [0.05, 0.1) is 36.3 Å². The van der Waals surface area contributed by atoms with Crippen molar-refractivity contribution in [3.05, 3.63) is 88.0 Å². The van der Waals surface area contributed by atoms with Crippen LogP contribution in [-0.4, -0.2) is 60.6 Å². The molecule has 0 radical (unpaired) electrons. The second kappa shape index (κ2) is 9.37. The number of rotatable bonds is 3. The predicted molar refractivity (Wildman–Crippen MR) is 179 cm³/mol. The Bertz CT molecular complexity index is 2000. The Labute approximate surface area is 268 Å². The molecular weight excluding hydrogens is 582 g/mol. The Hall–Kier alpha value is -5.29. The predicted octanol–water partition coefficient (Wildman–Crippen LogP) is 4.70. The molecule has 4 aromatic carbocycles. The van der Waals surface area contributed by atoms with E-state index in [1.165, 1.54) is 0 Å². The third-order valence-corrected chi connectivity index (χ3v) is 10.3. The van der Waals surface area contributed by atoms with Gasteiger partial charge in [-0.15, -0.1) is 0 Å². The van der Waals surface area contributed by atoms with Gasteiger partial charge in [0.2, 0.25) is 5.91 Å². The molecule has 0 fully saturated rings. The van der Waals surface area contributed by atoms with E-state index in [9.17, 15) is 20.1 Å². The lowest BCUT2D eigenvalue weighted by molar-refractivity contribution is -0.116. The van der Waals surface area contributed by atoms with E-state index in [2.05, 4.69) is 35.1 Å². The van der Waals surface area contributed by atoms with Gasteiger partial charge in [0, 0.05) is 66.0 Å². The first-order valence-electron chi connectivity index (χ1n) is 15.6. The third kappa shape index (κ3) is 3.54. The van der Waals surface area contributed by atoms with Crippen LogP contribution in [0.5, 0.6) is 17.2 Å². The van der Waals surface area contributed by atoms with E-state index in [-0.39, 0.29) is 30.7 Å². The lowest BCUT2D eigenvalue weighted by Crippen LogP contribution is -2.53. The monoisotopic (exact) mass is 618 g/mol. The van der Waals surface area contributed by atoms with Gasteiger partial charge in [0.15, 0.2) is 0 Å². The second-order valence-electron chi connectivity index (χ2n) is 13.1. The van der Waals surface area contributed by atoms with E-state index in [1.807, 2.05) is 63.6 Å². The third-order valence-electron chi connectivity index (χ3n) is 10.3. The highest BCUT2D eigenvalue weighted by molar-refractivity contribution is 6.05. The molecule has 2 unspecified atom stereocenters. The standard InChI is InChI=1S/C35H35N7O4/c1-36-24-8-9-27(43)32-22(24)14-41-16-40(32)13-18-10-29(45)33-23(31(18)41)15-39-17-42(33)35(38(2)3)20-12-28(44)21(11-26(20)39)30-19-6-4-5-7-25(19)37-34(30)46/h4-12,30,35-36,43-45H,13-17H2,1-3H3,(H,37,46)/p+1. The number of amides is 1. The Morgan fingerprint density at radius 2 is 1.59 bits per heavy atom. The summed E-state index contributed by atoms with van der Waals surface area (Å²) in [6, 6.07) is 17.0. The van der Waals surface area contributed by atoms with E-state index in [0.29, 0.717) is 38.5 Å². The van der Waals surface area contributed by atoms with Crippen LogP contribution in [-0.2, 0) is 24.4 Å². The summed E-state index contributed by atoms with van der Waals surface area (Å²) in [6.45, 7) is 2.89. The Kier molecular flexibility index (Phi) is 5.51. The van der Waals surface area contributed by atoms with Gasteiger partial charge < -0.3 is 45.6 Å². The maximum Gasteiger partial charge on any atom is 1.00 e. The molecule has 5 heterocycles. The normalized spacial score (nSPS) is 20.1. The fourth-order valence-corrected chi connectivity index (χ4v) is 8.54. The highest BCUT2D eigenvalue weighted by atomic mass is 16.3. The molecule has 11 heteroatoms. The molecule has 0 spiro atoms. The summed E-state index contributed by atoms with van der Waals surface area (Å²) >= 11 is 0. The number of phenols is 3. The number of nitrogens with zero attached hydrogens (tertiary/aromatic N) is 5. The minimum Gasteiger partial charge on any atom is -0.508 e. The number of hydrogen-bond donors (Lipinski definition) is 5. The Morgan fingerprint density at radius 3 is 2.39 bits per heavy atom. The van der Waals surface area contributed by atoms with Crippen molar-refractivity contribution in [2.75, 3.05) is 64.7 Å². The van der Waals surface area contributed by atoms with Crippen LogP contribution in [0.1, 0.15) is 46.9 Å². The first-order chi connectivity index (χ1) is 22.2. The van der Waals surface area contributed by atoms with E-state index in [4.69, 9.17) is 0 Å². The second-order valence-corrected chi connectivity index (χ2v) is 13.1. The summed E-state index contributed by atoms with van der Waals surface area (Å²) in [6.07, 6.45) is -0.270. The lowest BCUT2D eigenvalue weighted by Gasteiger charge is -2.53. The zero-order valence-corrected chi connectivity index (χ0v) is 25.9. The molecule has 11 nitrogen and oxygen atoms in total. The minimum absolute atomic E-state index is 0. The highest BCUT2D eigenvalue weighted by Gasteiger charge is 2.44. The summed E-state index contributed by atoms with van der Waals surface area (Å²) in [7, 11) is 5.91. The molecule has 9 rings (SSSR count). The molecule has 2 atom stereocenters. The summed E-state index contributed by atoms with van der Waals surface area (Å²) < 4.78 is 0. The van der Waals surface area contributed by atoms with Crippen molar-refractivity contribution >= 4 is 40.0 Å². The molecule has 4 bridgehead atoms. The zero-order chi connectivity index (χ0) is 31.6. The lowest BCUT2D eigenvalue weighted by atomic mass is 9.87. The van der Waals surface area contributed by atoms with Crippen LogP contribution in [0.4, 0.5) is 34.1 Å². The van der Waals surface area contributed by atoms with Crippen LogP contribution < -0.4 is 30.2 Å².